The van der Waals surface area contributed by atoms with Crippen LogP contribution in [-0.2, 0) is 16.0 Å². The van der Waals surface area contributed by atoms with Crippen molar-refractivity contribution in [1.82, 2.24) is 20.8 Å². The number of halogens is 3. The Balaban J connectivity index is 1.36. The lowest BCUT2D eigenvalue weighted by atomic mass is 9.73. The topological polar surface area (TPSA) is 79.0 Å². The number of fused-ring (bicyclic) bond motifs is 1. The number of piperidine rings is 1. The fraction of sp³-hybridized carbons (Fsp3) is 0.778. The van der Waals surface area contributed by atoms with E-state index < -0.39 is 18.1 Å². The number of aromatic amines is 1. The minimum absolute atomic E-state index is 0.143. The van der Waals surface area contributed by atoms with Gasteiger partial charge in [0.25, 0.3) is 0 Å². The third kappa shape index (κ3) is 3.85. The lowest BCUT2D eigenvalue weighted by Crippen LogP contribution is -2.56. The second kappa shape index (κ2) is 7.09. The summed E-state index contributed by atoms with van der Waals surface area (Å²) in [6, 6.07) is -0.885. The van der Waals surface area contributed by atoms with Gasteiger partial charge in [0.05, 0.1) is 18.2 Å². The summed E-state index contributed by atoms with van der Waals surface area (Å²) in [6.07, 6.45) is 0.748. The summed E-state index contributed by atoms with van der Waals surface area (Å²) in [6.45, 7) is 2.27. The fourth-order valence-electron chi connectivity index (χ4n) is 4.68. The van der Waals surface area contributed by atoms with Crippen LogP contribution >= 0.6 is 0 Å². The SMILES string of the molecule is O=C(NC1Cc2[nH]ncc2C(C(F)(F)F)C1)C1CCC2(CCOCC2)CN1. The van der Waals surface area contributed by atoms with Gasteiger partial charge in [-0.3, -0.25) is 9.89 Å². The first-order valence-electron chi connectivity index (χ1n) is 9.57. The Labute approximate surface area is 155 Å². The lowest BCUT2D eigenvalue weighted by molar-refractivity contribution is -0.155. The molecule has 2 aliphatic heterocycles. The Morgan fingerprint density at radius 2 is 2.07 bits per heavy atom. The van der Waals surface area contributed by atoms with Gasteiger partial charge >= 0.3 is 6.18 Å². The Morgan fingerprint density at radius 3 is 2.74 bits per heavy atom. The number of aromatic nitrogens is 2. The number of nitrogens with zero attached hydrogens (tertiary/aromatic N) is 1. The largest absolute Gasteiger partial charge is 0.395 e. The minimum Gasteiger partial charge on any atom is -0.381 e. The van der Waals surface area contributed by atoms with Crippen molar-refractivity contribution in [1.29, 1.82) is 0 Å². The highest BCUT2D eigenvalue weighted by molar-refractivity contribution is 5.82. The number of rotatable bonds is 2. The first-order chi connectivity index (χ1) is 12.9. The summed E-state index contributed by atoms with van der Waals surface area (Å²) in [5, 5.41) is 12.6. The summed E-state index contributed by atoms with van der Waals surface area (Å²) in [4.78, 5) is 12.6. The number of hydrogen-bond acceptors (Lipinski definition) is 4. The molecule has 27 heavy (non-hydrogen) atoms. The lowest BCUT2D eigenvalue weighted by Gasteiger charge is -2.43. The van der Waals surface area contributed by atoms with Crippen molar-refractivity contribution in [2.75, 3.05) is 19.8 Å². The summed E-state index contributed by atoms with van der Waals surface area (Å²) in [7, 11) is 0. The summed E-state index contributed by atoms with van der Waals surface area (Å²) in [5.41, 5.74) is 0.864. The van der Waals surface area contributed by atoms with Gasteiger partial charge in [0.15, 0.2) is 0 Å². The maximum absolute atomic E-state index is 13.4. The van der Waals surface area contributed by atoms with E-state index in [0.29, 0.717) is 18.5 Å². The van der Waals surface area contributed by atoms with Gasteiger partial charge in [-0.2, -0.15) is 18.3 Å². The van der Waals surface area contributed by atoms with Crippen LogP contribution in [-0.4, -0.2) is 54.1 Å². The molecule has 3 aliphatic rings. The minimum atomic E-state index is -4.35. The van der Waals surface area contributed by atoms with E-state index in [0.717, 1.165) is 39.0 Å². The van der Waals surface area contributed by atoms with E-state index in [1.165, 1.54) is 6.20 Å². The smallest absolute Gasteiger partial charge is 0.381 e. The second-order valence-corrected chi connectivity index (χ2v) is 8.13. The quantitative estimate of drug-likeness (QED) is 0.727. The van der Waals surface area contributed by atoms with Gasteiger partial charge in [-0.05, 0) is 37.5 Å². The molecule has 0 aromatic carbocycles. The molecule has 1 aliphatic carbocycles. The van der Waals surface area contributed by atoms with Crippen molar-refractivity contribution in [3.63, 3.8) is 0 Å². The van der Waals surface area contributed by atoms with E-state index in [1.807, 2.05) is 0 Å². The molecule has 0 bridgehead atoms. The highest BCUT2D eigenvalue weighted by Gasteiger charge is 2.46. The molecular formula is C18H25F3N4O2. The molecule has 4 rings (SSSR count). The third-order valence-corrected chi connectivity index (χ3v) is 6.40. The van der Waals surface area contributed by atoms with Crippen LogP contribution in [0.1, 0.15) is 49.3 Å². The van der Waals surface area contributed by atoms with Gasteiger partial charge in [-0.15, -0.1) is 0 Å². The zero-order valence-corrected chi connectivity index (χ0v) is 15.1. The molecule has 3 N–H and O–H groups in total. The molecule has 0 saturated carbocycles. The maximum Gasteiger partial charge on any atom is 0.395 e. The molecule has 1 spiro atoms. The number of amides is 1. The van der Waals surface area contributed by atoms with E-state index in [-0.39, 0.29) is 29.3 Å². The number of nitrogens with one attached hydrogen (secondary N) is 3. The van der Waals surface area contributed by atoms with Crippen molar-refractivity contribution in [3.8, 4) is 0 Å². The number of hydrogen-bond donors (Lipinski definition) is 3. The average Bonchev–Trinajstić information content (AvgIpc) is 3.10. The van der Waals surface area contributed by atoms with E-state index in [9.17, 15) is 18.0 Å². The first kappa shape index (κ1) is 18.7. The van der Waals surface area contributed by atoms with Crippen LogP contribution in [0.25, 0.3) is 0 Å². The van der Waals surface area contributed by atoms with Gasteiger partial charge < -0.3 is 15.4 Å². The summed E-state index contributed by atoms with van der Waals surface area (Å²) < 4.78 is 45.6. The Hall–Kier alpha value is -1.61. The van der Waals surface area contributed by atoms with Crippen LogP contribution < -0.4 is 10.6 Å². The summed E-state index contributed by atoms with van der Waals surface area (Å²) >= 11 is 0. The van der Waals surface area contributed by atoms with Crippen molar-refractivity contribution in [2.45, 2.75) is 62.7 Å². The molecule has 150 valence electrons. The molecule has 2 saturated heterocycles. The van der Waals surface area contributed by atoms with Gasteiger partial charge in [0.2, 0.25) is 5.91 Å². The molecule has 3 unspecified atom stereocenters. The first-order valence-corrected chi connectivity index (χ1v) is 9.57. The number of ether oxygens (including phenoxy) is 1. The van der Waals surface area contributed by atoms with Crippen molar-refractivity contribution < 1.29 is 22.7 Å². The number of alkyl halides is 3. The molecule has 2 fully saturated rings. The van der Waals surface area contributed by atoms with Crippen LogP contribution in [0.4, 0.5) is 13.2 Å². The monoisotopic (exact) mass is 386 g/mol. The van der Waals surface area contributed by atoms with Gasteiger partial charge in [0, 0.05) is 43.5 Å². The standard InChI is InChI=1S/C18H25F3N4O2/c19-18(20,21)13-7-11(8-15-12(13)9-23-25-15)24-16(26)14-1-2-17(10-22-14)3-5-27-6-4-17/h9,11,13-14,22H,1-8,10H2,(H,23,25)(H,24,26). The zero-order chi connectivity index (χ0) is 19.1. The molecule has 6 nitrogen and oxygen atoms in total. The van der Waals surface area contributed by atoms with Crippen molar-refractivity contribution in [3.05, 3.63) is 17.5 Å². The Bertz CT molecular complexity index is 674. The number of H-pyrrole nitrogens is 1. The van der Waals surface area contributed by atoms with Crippen LogP contribution in [0.3, 0.4) is 0 Å². The molecule has 1 amide bonds. The highest BCUT2D eigenvalue weighted by atomic mass is 19.4. The second-order valence-electron chi connectivity index (χ2n) is 8.13. The van der Waals surface area contributed by atoms with E-state index in [2.05, 4.69) is 20.8 Å². The molecule has 1 aromatic rings. The van der Waals surface area contributed by atoms with Crippen molar-refractivity contribution in [2.24, 2.45) is 5.41 Å². The predicted octanol–water partition coefficient (Wildman–Crippen LogP) is 2.04. The highest BCUT2D eigenvalue weighted by Crippen LogP contribution is 2.42. The number of carbonyl (C=O) groups is 1. The Kier molecular flexibility index (Phi) is 4.92. The van der Waals surface area contributed by atoms with E-state index in [1.54, 1.807) is 0 Å². The maximum atomic E-state index is 13.4. The zero-order valence-electron chi connectivity index (χ0n) is 15.1. The van der Waals surface area contributed by atoms with Crippen molar-refractivity contribution >= 4 is 5.91 Å². The average molecular weight is 386 g/mol. The Morgan fingerprint density at radius 1 is 1.30 bits per heavy atom. The van der Waals surface area contributed by atoms with Gasteiger partial charge in [-0.25, -0.2) is 0 Å². The molecule has 3 heterocycles. The van der Waals surface area contributed by atoms with Gasteiger partial charge in [-0.1, -0.05) is 0 Å². The predicted molar refractivity (Wildman–Crippen MR) is 91.1 cm³/mol. The van der Waals surface area contributed by atoms with Crippen LogP contribution in [0.15, 0.2) is 6.20 Å². The normalized spacial score (nSPS) is 30.7. The molecule has 0 radical (unpaired) electrons. The van der Waals surface area contributed by atoms with Crippen LogP contribution in [0.2, 0.25) is 0 Å². The van der Waals surface area contributed by atoms with E-state index in [4.69, 9.17) is 4.74 Å². The third-order valence-electron chi connectivity index (χ3n) is 6.40. The molecule has 9 heteroatoms. The molecule has 3 atom stereocenters. The number of carbonyl (C=O) groups excluding carboxylic acids is 1. The molecule has 1 aromatic heterocycles. The summed E-state index contributed by atoms with van der Waals surface area (Å²) in [5.74, 6) is -1.79. The fourth-order valence-corrected chi connectivity index (χ4v) is 4.68. The van der Waals surface area contributed by atoms with E-state index >= 15 is 0 Å². The van der Waals surface area contributed by atoms with Crippen LogP contribution in [0.5, 0.6) is 0 Å². The molecular weight excluding hydrogens is 361 g/mol. The van der Waals surface area contributed by atoms with Gasteiger partial charge in [0.1, 0.15) is 0 Å². The van der Waals surface area contributed by atoms with Crippen LogP contribution in [0, 0.1) is 5.41 Å².